The second kappa shape index (κ2) is 4.44. The first-order valence-corrected chi connectivity index (χ1v) is 6.12. The highest BCUT2D eigenvalue weighted by atomic mass is 16.4. The van der Waals surface area contributed by atoms with Crippen LogP contribution < -0.4 is 5.32 Å². The number of nitrogens with one attached hydrogen (secondary N) is 1. The van der Waals surface area contributed by atoms with Gasteiger partial charge in [0, 0.05) is 13.0 Å². The molecule has 2 saturated carbocycles. The number of rotatable bonds is 5. The maximum absolute atomic E-state index is 11.6. The van der Waals surface area contributed by atoms with Crippen molar-refractivity contribution < 1.29 is 14.7 Å². The monoisotopic (exact) mass is 225 g/mol. The summed E-state index contributed by atoms with van der Waals surface area (Å²) in [4.78, 5) is 22.5. The van der Waals surface area contributed by atoms with Gasteiger partial charge in [-0.3, -0.25) is 9.59 Å². The van der Waals surface area contributed by atoms with E-state index in [2.05, 4.69) is 5.32 Å². The number of carboxylic acids is 1. The Kier molecular flexibility index (Phi) is 3.17. The van der Waals surface area contributed by atoms with E-state index in [1.165, 1.54) is 12.8 Å². The molecule has 2 N–H and O–H groups in total. The lowest BCUT2D eigenvalue weighted by molar-refractivity contribution is -0.143. The van der Waals surface area contributed by atoms with Crippen LogP contribution >= 0.6 is 0 Å². The van der Waals surface area contributed by atoms with Crippen LogP contribution in [-0.4, -0.2) is 23.5 Å². The Hall–Kier alpha value is -1.06. The van der Waals surface area contributed by atoms with E-state index in [9.17, 15) is 9.59 Å². The Morgan fingerprint density at radius 2 is 1.88 bits per heavy atom. The predicted octanol–water partition coefficient (Wildman–Crippen LogP) is 1.55. The summed E-state index contributed by atoms with van der Waals surface area (Å²) in [5, 5.41) is 11.7. The van der Waals surface area contributed by atoms with Crippen molar-refractivity contribution in [1.82, 2.24) is 5.32 Å². The van der Waals surface area contributed by atoms with Crippen molar-refractivity contribution in [2.24, 2.45) is 11.3 Å². The maximum atomic E-state index is 11.6. The molecule has 0 saturated heterocycles. The summed E-state index contributed by atoms with van der Waals surface area (Å²) in [6.45, 7) is 0.313. The Labute approximate surface area is 95.4 Å². The number of carbonyl (C=O) groups is 2. The fourth-order valence-electron chi connectivity index (χ4n) is 2.43. The number of amides is 1. The molecule has 0 aromatic carbocycles. The molecule has 0 atom stereocenters. The van der Waals surface area contributed by atoms with Crippen molar-refractivity contribution in [2.75, 3.05) is 6.54 Å². The van der Waals surface area contributed by atoms with Gasteiger partial charge < -0.3 is 10.4 Å². The number of carbonyl (C=O) groups excluding carboxylic acids is 1. The summed E-state index contributed by atoms with van der Waals surface area (Å²) < 4.78 is 0. The second-order valence-corrected chi connectivity index (χ2v) is 5.22. The van der Waals surface area contributed by atoms with Crippen LogP contribution in [0, 0.1) is 11.3 Å². The lowest BCUT2D eigenvalue weighted by Gasteiger charge is -2.13. The van der Waals surface area contributed by atoms with E-state index in [0.29, 0.717) is 31.7 Å². The van der Waals surface area contributed by atoms with Gasteiger partial charge in [0.2, 0.25) is 5.91 Å². The summed E-state index contributed by atoms with van der Waals surface area (Å²) in [6.07, 6.45) is 6.75. The molecule has 2 aliphatic carbocycles. The van der Waals surface area contributed by atoms with E-state index in [1.54, 1.807) is 0 Å². The number of aliphatic carboxylic acids is 1. The standard InChI is InChI=1S/C12H19NO3/c14-10(7-9-3-1-2-4-9)13-8-12(5-6-12)11(15)16/h9H,1-8H2,(H,13,14)(H,15,16). The highest BCUT2D eigenvalue weighted by Crippen LogP contribution is 2.45. The third kappa shape index (κ3) is 2.54. The molecule has 0 radical (unpaired) electrons. The van der Waals surface area contributed by atoms with Crippen LogP contribution in [0.1, 0.15) is 44.9 Å². The molecular formula is C12H19NO3. The summed E-state index contributed by atoms with van der Waals surface area (Å²) in [5.41, 5.74) is -0.634. The first-order chi connectivity index (χ1) is 7.62. The molecule has 0 aliphatic heterocycles. The third-order valence-corrected chi connectivity index (χ3v) is 3.88. The van der Waals surface area contributed by atoms with E-state index >= 15 is 0 Å². The van der Waals surface area contributed by atoms with Crippen LogP contribution in [0.15, 0.2) is 0 Å². The van der Waals surface area contributed by atoms with Gasteiger partial charge in [0.25, 0.3) is 0 Å². The normalized spacial score (nSPS) is 23.0. The second-order valence-electron chi connectivity index (χ2n) is 5.22. The molecule has 0 bridgehead atoms. The van der Waals surface area contributed by atoms with Crippen LogP contribution in [0.3, 0.4) is 0 Å². The summed E-state index contributed by atoms with van der Waals surface area (Å²) >= 11 is 0. The highest BCUT2D eigenvalue weighted by Gasteiger charge is 2.50. The molecule has 2 rings (SSSR count). The Balaban J connectivity index is 1.69. The van der Waals surface area contributed by atoms with Crippen molar-refractivity contribution in [3.05, 3.63) is 0 Å². The van der Waals surface area contributed by atoms with Gasteiger partial charge >= 0.3 is 5.97 Å². The largest absolute Gasteiger partial charge is 0.481 e. The van der Waals surface area contributed by atoms with Crippen molar-refractivity contribution >= 4 is 11.9 Å². The molecule has 0 heterocycles. The van der Waals surface area contributed by atoms with Crippen LogP contribution in [0.5, 0.6) is 0 Å². The summed E-state index contributed by atoms with van der Waals surface area (Å²) in [7, 11) is 0. The van der Waals surface area contributed by atoms with Gasteiger partial charge in [0.15, 0.2) is 0 Å². The van der Waals surface area contributed by atoms with Gasteiger partial charge in [0.1, 0.15) is 0 Å². The zero-order valence-corrected chi connectivity index (χ0v) is 9.50. The van der Waals surface area contributed by atoms with E-state index in [0.717, 1.165) is 12.8 Å². The van der Waals surface area contributed by atoms with Gasteiger partial charge in [0.05, 0.1) is 5.41 Å². The SMILES string of the molecule is O=C(CC1CCCC1)NCC1(C(=O)O)CC1. The summed E-state index contributed by atoms with van der Waals surface area (Å²) in [5.74, 6) is -0.215. The Bertz CT molecular complexity index is 291. The minimum atomic E-state index is -0.770. The van der Waals surface area contributed by atoms with Crippen molar-refractivity contribution in [3.63, 3.8) is 0 Å². The van der Waals surface area contributed by atoms with E-state index in [-0.39, 0.29) is 5.91 Å². The average molecular weight is 225 g/mol. The van der Waals surface area contributed by atoms with Crippen LogP contribution in [0.2, 0.25) is 0 Å². The highest BCUT2D eigenvalue weighted by molar-refractivity contribution is 5.81. The van der Waals surface area contributed by atoms with Crippen LogP contribution in [0.25, 0.3) is 0 Å². The number of hydrogen-bond donors (Lipinski definition) is 2. The molecule has 0 unspecified atom stereocenters. The summed E-state index contributed by atoms with van der Waals surface area (Å²) in [6, 6.07) is 0. The number of hydrogen-bond acceptors (Lipinski definition) is 2. The third-order valence-electron chi connectivity index (χ3n) is 3.88. The van der Waals surface area contributed by atoms with Crippen LogP contribution in [-0.2, 0) is 9.59 Å². The molecular weight excluding hydrogens is 206 g/mol. The van der Waals surface area contributed by atoms with Gasteiger partial charge in [-0.15, -0.1) is 0 Å². The minimum Gasteiger partial charge on any atom is -0.481 e. The molecule has 16 heavy (non-hydrogen) atoms. The molecule has 4 heteroatoms. The van der Waals surface area contributed by atoms with Crippen molar-refractivity contribution in [1.29, 1.82) is 0 Å². The molecule has 0 aromatic rings. The maximum Gasteiger partial charge on any atom is 0.311 e. The Morgan fingerprint density at radius 3 is 2.38 bits per heavy atom. The first kappa shape index (κ1) is 11.4. The number of carboxylic acid groups (broad SMARTS) is 1. The van der Waals surface area contributed by atoms with Gasteiger partial charge in [-0.05, 0) is 31.6 Å². The van der Waals surface area contributed by atoms with Crippen molar-refractivity contribution in [2.45, 2.75) is 44.9 Å². The zero-order valence-electron chi connectivity index (χ0n) is 9.50. The molecule has 2 aliphatic rings. The molecule has 0 spiro atoms. The molecule has 0 aromatic heterocycles. The fraction of sp³-hybridized carbons (Fsp3) is 0.833. The molecule has 90 valence electrons. The van der Waals surface area contributed by atoms with E-state index in [1.807, 2.05) is 0 Å². The zero-order chi connectivity index (χ0) is 11.6. The lowest BCUT2D eigenvalue weighted by Crippen LogP contribution is -2.34. The average Bonchev–Trinajstić information content (AvgIpc) is 2.88. The molecule has 2 fully saturated rings. The Morgan fingerprint density at radius 1 is 1.25 bits per heavy atom. The van der Waals surface area contributed by atoms with E-state index in [4.69, 9.17) is 5.11 Å². The molecule has 4 nitrogen and oxygen atoms in total. The lowest BCUT2D eigenvalue weighted by atomic mass is 10.0. The van der Waals surface area contributed by atoms with Crippen LogP contribution in [0.4, 0.5) is 0 Å². The van der Waals surface area contributed by atoms with Gasteiger partial charge in [-0.2, -0.15) is 0 Å². The van der Waals surface area contributed by atoms with Gasteiger partial charge in [-0.1, -0.05) is 12.8 Å². The topological polar surface area (TPSA) is 66.4 Å². The smallest absolute Gasteiger partial charge is 0.311 e. The minimum absolute atomic E-state index is 0.0272. The van der Waals surface area contributed by atoms with Crippen molar-refractivity contribution in [3.8, 4) is 0 Å². The van der Waals surface area contributed by atoms with Gasteiger partial charge in [-0.25, -0.2) is 0 Å². The molecule has 1 amide bonds. The first-order valence-electron chi connectivity index (χ1n) is 6.12. The quantitative estimate of drug-likeness (QED) is 0.746. The predicted molar refractivity (Wildman–Crippen MR) is 58.9 cm³/mol. The van der Waals surface area contributed by atoms with E-state index < -0.39 is 11.4 Å². The fourth-order valence-corrected chi connectivity index (χ4v) is 2.43.